The van der Waals surface area contributed by atoms with Crippen molar-refractivity contribution in [3.8, 4) is 0 Å². The summed E-state index contributed by atoms with van der Waals surface area (Å²) < 4.78 is 0. The van der Waals surface area contributed by atoms with Gasteiger partial charge in [0.2, 0.25) is 0 Å². The van der Waals surface area contributed by atoms with Crippen molar-refractivity contribution in [3.05, 3.63) is 27.5 Å². The van der Waals surface area contributed by atoms with E-state index in [1.54, 1.807) is 0 Å². The third kappa shape index (κ3) is 2.59. The van der Waals surface area contributed by atoms with E-state index in [1.807, 2.05) is 13.8 Å². The van der Waals surface area contributed by atoms with Crippen LogP contribution in [-0.4, -0.2) is 16.1 Å². The van der Waals surface area contributed by atoms with Gasteiger partial charge in [-0.15, -0.1) is 0 Å². The van der Waals surface area contributed by atoms with Gasteiger partial charge in [0.05, 0.1) is 0 Å². The number of H-pyrrole nitrogens is 1. The second-order valence-corrected chi connectivity index (χ2v) is 3.86. The third-order valence-corrected chi connectivity index (χ3v) is 1.98. The van der Waals surface area contributed by atoms with Crippen LogP contribution < -0.4 is 11.3 Å². The molecule has 0 atom stereocenters. The molecule has 0 aliphatic heterocycles. The third-order valence-electron chi connectivity index (χ3n) is 1.98. The molecule has 0 aliphatic carbocycles. The maximum atomic E-state index is 11.4. The molecule has 15 heavy (non-hydrogen) atoms. The lowest BCUT2D eigenvalue weighted by molar-refractivity contribution is 0.0693. The Kier molecular flexibility index (Phi) is 3.14. The smallest absolute Gasteiger partial charge is 0.341 e. The van der Waals surface area contributed by atoms with Gasteiger partial charge < -0.3 is 15.8 Å². The number of rotatable bonds is 3. The number of nitrogens with one attached hydrogen (secondary N) is 1. The van der Waals surface area contributed by atoms with Gasteiger partial charge in [0.15, 0.2) is 0 Å². The summed E-state index contributed by atoms with van der Waals surface area (Å²) >= 11 is 0. The Bertz CT molecular complexity index is 435. The van der Waals surface area contributed by atoms with Crippen molar-refractivity contribution in [2.24, 2.45) is 5.92 Å². The van der Waals surface area contributed by atoms with E-state index in [2.05, 4.69) is 4.98 Å². The standard InChI is InChI=1S/C10H14N2O3/c1-5(2)3-6-4-7(11)12-9(13)8(6)10(14)15/h4-5H,3H2,1-2H3,(H,14,15)(H3,11,12,13). The molecular weight excluding hydrogens is 196 g/mol. The maximum absolute atomic E-state index is 11.4. The molecule has 1 aromatic heterocycles. The van der Waals surface area contributed by atoms with Crippen molar-refractivity contribution in [3.63, 3.8) is 0 Å². The number of carboxylic acid groups (broad SMARTS) is 1. The lowest BCUT2D eigenvalue weighted by Gasteiger charge is -2.08. The van der Waals surface area contributed by atoms with E-state index in [4.69, 9.17) is 10.8 Å². The van der Waals surface area contributed by atoms with Gasteiger partial charge in [-0.1, -0.05) is 13.8 Å². The van der Waals surface area contributed by atoms with Gasteiger partial charge in [-0.25, -0.2) is 4.79 Å². The summed E-state index contributed by atoms with van der Waals surface area (Å²) in [4.78, 5) is 24.5. The predicted octanol–water partition coefficient (Wildman–Crippen LogP) is 0.854. The zero-order chi connectivity index (χ0) is 11.6. The first-order valence-corrected chi connectivity index (χ1v) is 4.66. The van der Waals surface area contributed by atoms with Gasteiger partial charge >= 0.3 is 5.97 Å². The fourth-order valence-electron chi connectivity index (χ4n) is 1.47. The first kappa shape index (κ1) is 11.3. The summed E-state index contributed by atoms with van der Waals surface area (Å²) in [7, 11) is 0. The second kappa shape index (κ2) is 4.16. The number of anilines is 1. The van der Waals surface area contributed by atoms with Crippen molar-refractivity contribution in [2.75, 3.05) is 5.73 Å². The number of nitrogens with two attached hydrogens (primary N) is 1. The van der Waals surface area contributed by atoms with Gasteiger partial charge in [-0.2, -0.15) is 0 Å². The van der Waals surface area contributed by atoms with Gasteiger partial charge in [-0.3, -0.25) is 4.79 Å². The van der Waals surface area contributed by atoms with Crippen molar-refractivity contribution in [1.82, 2.24) is 4.98 Å². The lowest BCUT2D eigenvalue weighted by atomic mass is 9.99. The maximum Gasteiger partial charge on any atom is 0.341 e. The molecule has 0 radical (unpaired) electrons. The monoisotopic (exact) mass is 210 g/mol. The number of aromatic nitrogens is 1. The molecule has 82 valence electrons. The highest BCUT2D eigenvalue weighted by Crippen LogP contribution is 2.12. The van der Waals surface area contributed by atoms with Crippen molar-refractivity contribution < 1.29 is 9.90 Å². The number of aromatic amines is 1. The summed E-state index contributed by atoms with van der Waals surface area (Å²) in [6, 6.07) is 1.50. The molecule has 0 aromatic carbocycles. The van der Waals surface area contributed by atoms with Crippen molar-refractivity contribution >= 4 is 11.8 Å². The van der Waals surface area contributed by atoms with Crippen LogP contribution in [0.5, 0.6) is 0 Å². The van der Waals surface area contributed by atoms with E-state index in [9.17, 15) is 9.59 Å². The first-order valence-electron chi connectivity index (χ1n) is 4.66. The largest absolute Gasteiger partial charge is 0.477 e. The summed E-state index contributed by atoms with van der Waals surface area (Å²) in [6.07, 6.45) is 0.524. The number of nitrogen functional groups attached to an aromatic ring is 1. The fraction of sp³-hybridized carbons (Fsp3) is 0.400. The zero-order valence-electron chi connectivity index (χ0n) is 8.70. The molecule has 5 heteroatoms. The molecule has 5 nitrogen and oxygen atoms in total. The lowest BCUT2D eigenvalue weighted by Crippen LogP contribution is -2.22. The minimum Gasteiger partial charge on any atom is -0.477 e. The number of hydrogen-bond acceptors (Lipinski definition) is 3. The molecule has 0 fully saturated rings. The van der Waals surface area contributed by atoms with E-state index < -0.39 is 11.5 Å². The molecule has 4 N–H and O–H groups in total. The Hall–Kier alpha value is -1.78. The molecule has 0 saturated carbocycles. The van der Waals surface area contributed by atoms with Crippen LogP contribution in [0, 0.1) is 5.92 Å². The number of aromatic carboxylic acids is 1. The first-order chi connectivity index (χ1) is 6.91. The van der Waals surface area contributed by atoms with Crippen LogP contribution in [-0.2, 0) is 6.42 Å². The van der Waals surface area contributed by atoms with Crippen LogP contribution in [0.15, 0.2) is 10.9 Å². The van der Waals surface area contributed by atoms with Gasteiger partial charge in [-0.05, 0) is 24.0 Å². The Morgan fingerprint density at radius 3 is 2.67 bits per heavy atom. The Morgan fingerprint density at radius 2 is 2.20 bits per heavy atom. The van der Waals surface area contributed by atoms with Crippen molar-refractivity contribution in [1.29, 1.82) is 0 Å². The second-order valence-electron chi connectivity index (χ2n) is 3.86. The minimum absolute atomic E-state index is 0.195. The van der Waals surface area contributed by atoms with Gasteiger partial charge in [0, 0.05) is 0 Å². The SMILES string of the molecule is CC(C)Cc1cc(N)[nH]c(=O)c1C(=O)O. The molecule has 1 heterocycles. The number of carboxylic acids is 1. The predicted molar refractivity (Wildman–Crippen MR) is 57.0 cm³/mol. The fourth-order valence-corrected chi connectivity index (χ4v) is 1.47. The molecular formula is C10H14N2O3. The Balaban J connectivity index is 3.33. The molecule has 0 unspecified atom stereocenters. The molecule has 0 amide bonds. The molecule has 0 bridgehead atoms. The van der Waals surface area contributed by atoms with E-state index >= 15 is 0 Å². The van der Waals surface area contributed by atoms with Gasteiger partial charge in [0.25, 0.3) is 5.56 Å². The average molecular weight is 210 g/mol. The topological polar surface area (TPSA) is 96.2 Å². The number of hydrogen-bond donors (Lipinski definition) is 3. The van der Waals surface area contributed by atoms with E-state index in [1.165, 1.54) is 6.07 Å². The summed E-state index contributed by atoms with van der Waals surface area (Å²) in [5, 5.41) is 8.89. The van der Waals surface area contributed by atoms with E-state index in [0.29, 0.717) is 12.0 Å². The van der Waals surface area contributed by atoms with E-state index in [-0.39, 0.29) is 17.3 Å². The normalized spacial score (nSPS) is 10.6. The molecule has 0 saturated heterocycles. The van der Waals surface area contributed by atoms with Crippen LogP contribution >= 0.6 is 0 Å². The van der Waals surface area contributed by atoms with Crippen LogP contribution in [0.3, 0.4) is 0 Å². The minimum atomic E-state index is -1.22. The average Bonchev–Trinajstić information content (AvgIpc) is 1.99. The Morgan fingerprint density at radius 1 is 1.60 bits per heavy atom. The number of carbonyl (C=O) groups is 1. The summed E-state index contributed by atoms with van der Waals surface area (Å²) in [6.45, 7) is 3.89. The molecule has 1 rings (SSSR count). The quantitative estimate of drug-likeness (QED) is 0.689. The summed E-state index contributed by atoms with van der Waals surface area (Å²) in [5.74, 6) is -0.753. The molecule has 0 spiro atoms. The zero-order valence-corrected chi connectivity index (χ0v) is 8.70. The summed E-state index contributed by atoms with van der Waals surface area (Å²) in [5.41, 5.74) is 5.09. The number of pyridine rings is 1. The van der Waals surface area contributed by atoms with Crippen LogP contribution in [0.1, 0.15) is 29.8 Å². The highest BCUT2D eigenvalue weighted by Gasteiger charge is 2.16. The van der Waals surface area contributed by atoms with Crippen LogP contribution in [0.25, 0.3) is 0 Å². The van der Waals surface area contributed by atoms with Crippen LogP contribution in [0.4, 0.5) is 5.82 Å². The van der Waals surface area contributed by atoms with Crippen LogP contribution in [0.2, 0.25) is 0 Å². The highest BCUT2D eigenvalue weighted by atomic mass is 16.4. The highest BCUT2D eigenvalue weighted by molar-refractivity contribution is 5.89. The van der Waals surface area contributed by atoms with Crippen molar-refractivity contribution in [2.45, 2.75) is 20.3 Å². The molecule has 1 aromatic rings. The molecule has 0 aliphatic rings. The Labute approximate surface area is 86.9 Å². The van der Waals surface area contributed by atoms with E-state index in [0.717, 1.165) is 0 Å². The van der Waals surface area contributed by atoms with Gasteiger partial charge in [0.1, 0.15) is 11.4 Å².